The Hall–Kier alpha value is -3.09. The van der Waals surface area contributed by atoms with Gasteiger partial charge in [0.25, 0.3) is 5.56 Å². The molecule has 1 N–H and O–H groups in total. The van der Waals surface area contributed by atoms with Crippen LogP contribution >= 0.6 is 0 Å². The number of hydrogen-bond acceptors (Lipinski definition) is 5. The molecule has 25 heavy (non-hydrogen) atoms. The number of esters is 1. The lowest BCUT2D eigenvalue weighted by molar-refractivity contribution is 0.0602. The van der Waals surface area contributed by atoms with Crippen molar-refractivity contribution in [1.29, 1.82) is 0 Å². The van der Waals surface area contributed by atoms with E-state index in [-0.39, 0.29) is 33.6 Å². The van der Waals surface area contributed by atoms with Crippen LogP contribution in [-0.4, -0.2) is 17.6 Å². The minimum absolute atomic E-state index is 0.0349. The molecule has 3 aromatic rings. The third-order valence-electron chi connectivity index (χ3n) is 3.96. The van der Waals surface area contributed by atoms with Crippen LogP contribution in [0.4, 0.5) is 15.9 Å². The van der Waals surface area contributed by atoms with E-state index in [9.17, 15) is 14.0 Å². The van der Waals surface area contributed by atoms with E-state index in [0.29, 0.717) is 5.76 Å². The van der Waals surface area contributed by atoms with Crippen molar-refractivity contribution in [1.82, 2.24) is 4.57 Å². The molecule has 0 aliphatic heterocycles. The number of rotatable bonds is 3. The minimum Gasteiger partial charge on any atom is -0.465 e. The van der Waals surface area contributed by atoms with Crippen LogP contribution in [0.2, 0.25) is 0 Å². The number of carbonyl (C=O) groups is 1. The number of anilines is 2. The van der Waals surface area contributed by atoms with Crippen LogP contribution in [0.25, 0.3) is 11.0 Å². The Balaban J connectivity index is 2.31. The molecule has 130 valence electrons. The number of hydrogen-bond donors (Lipinski definition) is 1. The fourth-order valence-corrected chi connectivity index (χ4v) is 2.70. The standard InChI is InChI=1S/C18H17FN2O4/c1-9-5-6-13(12(19)7-9)20-16-14(18(23)24-4)15-11(8-10(2)25-15)17(22)21(16)3/h5-8,20H,1-4H3. The van der Waals surface area contributed by atoms with Crippen molar-refractivity contribution >= 4 is 28.4 Å². The highest BCUT2D eigenvalue weighted by Gasteiger charge is 2.25. The van der Waals surface area contributed by atoms with Crippen molar-refractivity contribution in [3.05, 3.63) is 57.3 Å². The molecular formula is C18H17FN2O4. The van der Waals surface area contributed by atoms with Gasteiger partial charge in [-0.3, -0.25) is 9.36 Å². The lowest BCUT2D eigenvalue weighted by Gasteiger charge is -2.16. The van der Waals surface area contributed by atoms with Gasteiger partial charge >= 0.3 is 5.97 Å². The minimum atomic E-state index is -0.690. The topological polar surface area (TPSA) is 73.5 Å². The van der Waals surface area contributed by atoms with E-state index in [2.05, 4.69) is 5.32 Å². The summed E-state index contributed by atoms with van der Waals surface area (Å²) in [5.41, 5.74) is 0.667. The van der Waals surface area contributed by atoms with E-state index in [1.54, 1.807) is 26.0 Å². The average molecular weight is 344 g/mol. The van der Waals surface area contributed by atoms with Gasteiger partial charge in [-0.1, -0.05) is 6.07 Å². The number of methoxy groups -OCH3 is 1. The van der Waals surface area contributed by atoms with Gasteiger partial charge in [0.2, 0.25) is 0 Å². The third-order valence-corrected chi connectivity index (χ3v) is 3.96. The quantitative estimate of drug-likeness (QED) is 0.737. The zero-order valence-electron chi connectivity index (χ0n) is 14.3. The molecule has 0 amide bonds. The molecule has 0 bridgehead atoms. The number of pyridine rings is 1. The fourth-order valence-electron chi connectivity index (χ4n) is 2.70. The molecule has 0 unspecified atom stereocenters. The highest BCUT2D eigenvalue weighted by atomic mass is 19.1. The van der Waals surface area contributed by atoms with Crippen LogP contribution in [0.5, 0.6) is 0 Å². The third kappa shape index (κ3) is 2.77. The first-order valence-electron chi connectivity index (χ1n) is 7.58. The van der Waals surface area contributed by atoms with Crippen molar-refractivity contribution in [3.63, 3.8) is 0 Å². The van der Waals surface area contributed by atoms with Crippen LogP contribution in [0, 0.1) is 19.7 Å². The number of fused-ring (bicyclic) bond motifs is 1. The van der Waals surface area contributed by atoms with Gasteiger partial charge in [0.05, 0.1) is 18.2 Å². The summed E-state index contributed by atoms with van der Waals surface area (Å²) in [5, 5.41) is 3.08. The Bertz CT molecular complexity index is 1050. The summed E-state index contributed by atoms with van der Waals surface area (Å²) in [7, 11) is 2.72. The zero-order valence-corrected chi connectivity index (χ0v) is 14.3. The van der Waals surface area contributed by atoms with Gasteiger partial charge in [-0.05, 0) is 37.6 Å². The predicted octanol–water partition coefficient (Wildman–Crippen LogP) is 3.42. The Labute approximate surface area is 142 Å². The summed E-state index contributed by atoms with van der Waals surface area (Å²) >= 11 is 0. The molecular weight excluding hydrogens is 327 g/mol. The average Bonchev–Trinajstić information content (AvgIpc) is 2.95. The van der Waals surface area contributed by atoms with E-state index in [4.69, 9.17) is 9.15 Å². The largest absolute Gasteiger partial charge is 0.465 e. The van der Waals surface area contributed by atoms with E-state index in [0.717, 1.165) is 5.56 Å². The van der Waals surface area contributed by atoms with Crippen LogP contribution in [0.3, 0.4) is 0 Å². The lowest BCUT2D eigenvalue weighted by Crippen LogP contribution is -2.23. The summed E-state index contributed by atoms with van der Waals surface area (Å²) in [6.07, 6.45) is 0. The smallest absolute Gasteiger partial charge is 0.345 e. The molecule has 2 heterocycles. The number of furan rings is 1. The molecule has 0 atom stereocenters. The van der Waals surface area contributed by atoms with Gasteiger partial charge in [0.1, 0.15) is 23.0 Å². The van der Waals surface area contributed by atoms with Crippen LogP contribution in [0.1, 0.15) is 21.7 Å². The molecule has 3 rings (SSSR count). The summed E-state index contributed by atoms with van der Waals surface area (Å²) in [6, 6.07) is 6.17. The van der Waals surface area contributed by atoms with Crippen molar-refractivity contribution in [2.75, 3.05) is 12.4 Å². The summed E-state index contributed by atoms with van der Waals surface area (Å²) < 4.78 is 25.8. The summed E-state index contributed by atoms with van der Waals surface area (Å²) in [6.45, 7) is 3.44. The molecule has 0 fully saturated rings. The number of nitrogens with zero attached hydrogens (tertiary/aromatic N) is 1. The van der Waals surface area contributed by atoms with Crippen LogP contribution in [0.15, 0.2) is 33.5 Å². The molecule has 0 aliphatic carbocycles. The molecule has 6 nitrogen and oxygen atoms in total. The van der Waals surface area contributed by atoms with Gasteiger partial charge < -0.3 is 14.5 Å². The van der Waals surface area contributed by atoms with Crippen molar-refractivity contribution < 1.29 is 18.3 Å². The Morgan fingerprint density at radius 1 is 1.28 bits per heavy atom. The number of ether oxygens (including phenoxy) is 1. The predicted molar refractivity (Wildman–Crippen MR) is 92.0 cm³/mol. The second kappa shape index (κ2) is 6.08. The van der Waals surface area contributed by atoms with Gasteiger partial charge in [0, 0.05) is 7.05 Å². The first-order valence-corrected chi connectivity index (χ1v) is 7.58. The maximum absolute atomic E-state index is 14.2. The Morgan fingerprint density at radius 2 is 2.00 bits per heavy atom. The van der Waals surface area contributed by atoms with Crippen LogP contribution in [-0.2, 0) is 11.8 Å². The fraction of sp³-hybridized carbons (Fsp3) is 0.222. The number of benzene rings is 1. The number of carbonyl (C=O) groups excluding carboxylic acids is 1. The van der Waals surface area contributed by atoms with E-state index in [1.807, 2.05) is 0 Å². The van der Waals surface area contributed by atoms with Crippen molar-refractivity contribution in [3.8, 4) is 0 Å². The molecule has 7 heteroatoms. The highest BCUT2D eigenvalue weighted by Crippen LogP contribution is 2.29. The molecule has 0 spiro atoms. The molecule has 0 radical (unpaired) electrons. The second-order valence-electron chi connectivity index (χ2n) is 5.79. The maximum atomic E-state index is 14.2. The van der Waals surface area contributed by atoms with E-state index >= 15 is 0 Å². The first-order chi connectivity index (χ1) is 11.8. The van der Waals surface area contributed by atoms with Gasteiger partial charge in [-0.15, -0.1) is 0 Å². The van der Waals surface area contributed by atoms with Crippen molar-refractivity contribution in [2.45, 2.75) is 13.8 Å². The Kier molecular flexibility index (Phi) is 4.08. The number of aryl methyl sites for hydroxylation is 2. The number of halogens is 1. The Morgan fingerprint density at radius 3 is 2.64 bits per heavy atom. The van der Waals surface area contributed by atoms with E-state index in [1.165, 1.54) is 30.9 Å². The zero-order chi connectivity index (χ0) is 18.3. The van der Waals surface area contributed by atoms with Gasteiger partial charge in [0.15, 0.2) is 5.58 Å². The summed E-state index contributed by atoms with van der Waals surface area (Å²) in [4.78, 5) is 24.9. The molecule has 2 aromatic heterocycles. The summed E-state index contributed by atoms with van der Waals surface area (Å²) in [5.74, 6) is -0.610. The normalized spacial score (nSPS) is 10.9. The monoisotopic (exact) mass is 344 g/mol. The molecule has 0 aliphatic rings. The molecule has 0 saturated carbocycles. The highest BCUT2D eigenvalue weighted by molar-refractivity contribution is 6.06. The molecule has 0 saturated heterocycles. The van der Waals surface area contributed by atoms with E-state index < -0.39 is 11.8 Å². The molecule has 1 aromatic carbocycles. The number of aromatic nitrogens is 1. The maximum Gasteiger partial charge on any atom is 0.345 e. The van der Waals surface area contributed by atoms with Crippen molar-refractivity contribution in [2.24, 2.45) is 7.05 Å². The second-order valence-corrected chi connectivity index (χ2v) is 5.79. The SMILES string of the molecule is COC(=O)c1c(Nc2ccc(C)cc2F)n(C)c(=O)c2cc(C)oc12. The van der Waals surface area contributed by atoms with Crippen LogP contribution < -0.4 is 10.9 Å². The first kappa shape index (κ1) is 16.8. The number of nitrogens with one attached hydrogen (secondary N) is 1. The lowest BCUT2D eigenvalue weighted by atomic mass is 10.1. The van der Waals surface area contributed by atoms with Gasteiger partial charge in [-0.25, -0.2) is 9.18 Å². The van der Waals surface area contributed by atoms with Gasteiger partial charge in [-0.2, -0.15) is 0 Å².